The molecule has 0 aliphatic carbocycles. The van der Waals surface area contributed by atoms with Crippen LogP contribution < -0.4 is 0 Å². The molecule has 1 aromatic carbocycles. The van der Waals surface area contributed by atoms with Crippen molar-refractivity contribution in [3.05, 3.63) is 36.4 Å². The topological polar surface area (TPSA) is 53.4 Å². The van der Waals surface area contributed by atoms with Crippen molar-refractivity contribution in [2.45, 2.75) is 41.1 Å². The van der Waals surface area contributed by atoms with Gasteiger partial charge >= 0.3 is 0 Å². The number of amides is 1. The zero-order valence-electron chi connectivity index (χ0n) is 12.5. The number of aliphatic hydroxyl groups is 1. The summed E-state index contributed by atoms with van der Waals surface area (Å²) in [6.45, 7) is 5.82. The van der Waals surface area contributed by atoms with E-state index in [0.29, 0.717) is 6.42 Å². The molecule has 4 atom stereocenters. The molecular formula is C16H16N2O2S3. The molecule has 1 aromatic heterocycles. The number of β-lactam (4-membered cyclic amide) rings is 1. The van der Waals surface area contributed by atoms with Gasteiger partial charge in [0.25, 0.3) is 0 Å². The van der Waals surface area contributed by atoms with E-state index >= 15 is 0 Å². The molecule has 0 saturated carbocycles. The number of aliphatic hydroxyl groups excluding tert-OH is 1. The molecule has 2 aromatic rings. The number of rotatable bonds is 4. The number of nitrogens with zero attached hydrogens (tertiary/aromatic N) is 2. The number of carbonyl (C=O) groups excluding carboxylic acids is 1. The number of hydrogen-bond acceptors (Lipinski definition) is 6. The lowest BCUT2D eigenvalue weighted by molar-refractivity contribution is -0.145. The Kier molecular flexibility index (Phi) is 3.91. The lowest BCUT2D eigenvalue weighted by Gasteiger charge is -2.39. The summed E-state index contributed by atoms with van der Waals surface area (Å²) < 4.78 is 2.15. The Morgan fingerprint density at radius 1 is 1.48 bits per heavy atom. The Hall–Kier alpha value is -1.02. The fraction of sp³-hybridized carbons (Fsp3) is 0.375. The van der Waals surface area contributed by atoms with Crippen LogP contribution in [0.15, 0.2) is 40.8 Å². The van der Waals surface area contributed by atoms with E-state index < -0.39 is 6.10 Å². The summed E-state index contributed by atoms with van der Waals surface area (Å²) in [6, 6.07) is 7.95. The number of aromatic nitrogens is 1. The van der Waals surface area contributed by atoms with Crippen LogP contribution >= 0.6 is 32.9 Å². The molecule has 2 aliphatic heterocycles. The SMILES string of the molecule is C=C(C)[C@@H]1[C@H](O)[C@H](SSc2nc3ccccc3s2)[C@H]2CC(=O)N21. The van der Waals surface area contributed by atoms with Gasteiger partial charge in [-0.1, -0.05) is 35.1 Å². The van der Waals surface area contributed by atoms with Crippen LogP contribution in [0.4, 0.5) is 0 Å². The Balaban J connectivity index is 1.50. The molecule has 7 heteroatoms. The maximum Gasteiger partial charge on any atom is 0.225 e. The number of benzene rings is 1. The Bertz CT molecular complexity index is 757. The molecule has 2 aliphatic rings. The summed E-state index contributed by atoms with van der Waals surface area (Å²) in [7, 11) is 3.22. The number of fused-ring (bicyclic) bond motifs is 2. The highest BCUT2D eigenvalue weighted by Crippen LogP contribution is 2.49. The minimum atomic E-state index is -0.559. The van der Waals surface area contributed by atoms with Gasteiger partial charge in [-0.25, -0.2) is 4.98 Å². The van der Waals surface area contributed by atoms with E-state index in [1.54, 1.807) is 32.9 Å². The first-order valence-corrected chi connectivity index (χ1v) is 10.4. The van der Waals surface area contributed by atoms with Crippen LogP contribution in [0.1, 0.15) is 13.3 Å². The highest BCUT2D eigenvalue weighted by molar-refractivity contribution is 8.77. The van der Waals surface area contributed by atoms with Crippen LogP contribution in [0, 0.1) is 0 Å². The van der Waals surface area contributed by atoms with Crippen molar-refractivity contribution in [3.8, 4) is 0 Å². The lowest BCUT2D eigenvalue weighted by atomic mass is 10.0. The molecule has 4 nitrogen and oxygen atoms in total. The van der Waals surface area contributed by atoms with Gasteiger partial charge in [-0.15, -0.1) is 11.3 Å². The van der Waals surface area contributed by atoms with E-state index in [-0.39, 0.29) is 23.2 Å². The summed E-state index contributed by atoms with van der Waals surface area (Å²) in [5.41, 5.74) is 1.86. The average Bonchev–Trinajstić information content (AvgIpc) is 3.02. The van der Waals surface area contributed by atoms with Crippen molar-refractivity contribution in [1.29, 1.82) is 0 Å². The number of hydrogen-bond donors (Lipinski definition) is 1. The molecule has 0 bridgehead atoms. The first-order chi connectivity index (χ1) is 11.1. The maximum atomic E-state index is 11.9. The summed E-state index contributed by atoms with van der Waals surface area (Å²) >= 11 is 1.66. The highest BCUT2D eigenvalue weighted by atomic mass is 33.1. The predicted octanol–water partition coefficient (Wildman–Crippen LogP) is 3.33. The van der Waals surface area contributed by atoms with Gasteiger partial charge in [-0.3, -0.25) is 4.79 Å². The summed E-state index contributed by atoms with van der Waals surface area (Å²) in [5, 5.41) is 10.6. The number of carbonyl (C=O) groups is 1. The Morgan fingerprint density at radius 2 is 2.26 bits per heavy atom. The van der Waals surface area contributed by atoms with Gasteiger partial charge in [-0.2, -0.15) is 0 Å². The van der Waals surface area contributed by atoms with Crippen LogP contribution in [0.2, 0.25) is 0 Å². The van der Waals surface area contributed by atoms with Crippen molar-refractivity contribution in [2.75, 3.05) is 0 Å². The van der Waals surface area contributed by atoms with E-state index in [9.17, 15) is 9.90 Å². The van der Waals surface area contributed by atoms with Crippen LogP contribution in [-0.2, 0) is 4.79 Å². The predicted molar refractivity (Wildman–Crippen MR) is 96.7 cm³/mol. The zero-order valence-corrected chi connectivity index (χ0v) is 15.0. The molecule has 4 rings (SSSR count). The first-order valence-electron chi connectivity index (χ1n) is 7.40. The Morgan fingerprint density at radius 3 is 2.91 bits per heavy atom. The molecule has 23 heavy (non-hydrogen) atoms. The van der Waals surface area contributed by atoms with Crippen LogP contribution in [0.25, 0.3) is 10.2 Å². The fourth-order valence-electron chi connectivity index (χ4n) is 3.30. The van der Waals surface area contributed by atoms with Gasteiger partial charge in [0.15, 0.2) is 4.34 Å². The summed E-state index contributed by atoms with van der Waals surface area (Å²) in [5.74, 6) is 0.120. The fourth-order valence-corrected chi connectivity index (χ4v) is 7.42. The monoisotopic (exact) mass is 364 g/mol. The normalized spacial score (nSPS) is 29.7. The largest absolute Gasteiger partial charge is 0.389 e. The molecule has 2 fully saturated rings. The zero-order chi connectivity index (χ0) is 16.1. The third kappa shape index (κ3) is 2.50. The van der Waals surface area contributed by atoms with Gasteiger partial charge in [0.2, 0.25) is 5.91 Å². The lowest BCUT2D eigenvalue weighted by Crippen LogP contribution is -2.54. The standard InChI is InChI=1S/C16H16N2O2S3/c1-8(2)13-14(20)15(10-7-12(19)18(10)13)22-23-16-17-9-5-3-4-6-11(9)21-16/h3-6,10,13-15,20H,1,7H2,2H3/t10-,13-,14+,15-/m1/s1. The second kappa shape index (κ2) is 5.81. The van der Waals surface area contributed by atoms with Crippen LogP contribution in [0.5, 0.6) is 0 Å². The van der Waals surface area contributed by atoms with E-state index in [1.807, 2.05) is 30.0 Å². The molecule has 0 spiro atoms. The summed E-state index contributed by atoms with van der Waals surface area (Å²) in [4.78, 5) is 18.3. The molecule has 120 valence electrons. The summed E-state index contributed by atoms with van der Waals surface area (Å²) in [6.07, 6.45) is -0.0327. The molecule has 1 amide bonds. The minimum absolute atomic E-state index is 0.00594. The smallest absolute Gasteiger partial charge is 0.225 e. The van der Waals surface area contributed by atoms with Gasteiger partial charge in [-0.05, 0) is 29.9 Å². The number of para-hydroxylation sites is 1. The van der Waals surface area contributed by atoms with Crippen LogP contribution in [-0.4, -0.2) is 44.3 Å². The first kappa shape index (κ1) is 15.5. The second-order valence-electron chi connectivity index (χ2n) is 5.95. The molecule has 0 radical (unpaired) electrons. The molecule has 3 heterocycles. The van der Waals surface area contributed by atoms with Crippen molar-refractivity contribution in [2.24, 2.45) is 0 Å². The van der Waals surface area contributed by atoms with Crippen molar-refractivity contribution in [1.82, 2.24) is 9.88 Å². The van der Waals surface area contributed by atoms with E-state index in [4.69, 9.17) is 0 Å². The average molecular weight is 365 g/mol. The minimum Gasteiger partial charge on any atom is -0.389 e. The van der Waals surface area contributed by atoms with Gasteiger partial charge in [0, 0.05) is 6.42 Å². The van der Waals surface area contributed by atoms with E-state index in [2.05, 4.69) is 17.6 Å². The number of thiazole rings is 1. The Labute approximate surface area is 146 Å². The van der Waals surface area contributed by atoms with Gasteiger partial charge in [0.05, 0.1) is 33.7 Å². The van der Waals surface area contributed by atoms with E-state index in [0.717, 1.165) is 15.4 Å². The van der Waals surface area contributed by atoms with Crippen molar-refractivity contribution >= 4 is 49.0 Å². The quantitative estimate of drug-likeness (QED) is 0.512. The van der Waals surface area contributed by atoms with Crippen LogP contribution in [0.3, 0.4) is 0 Å². The third-order valence-corrected chi connectivity index (χ3v) is 8.60. The van der Waals surface area contributed by atoms with Crippen molar-refractivity contribution in [3.63, 3.8) is 0 Å². The molecular weight excluding hydrogens is 348 g/mol. The highest BCUT2D eigenvalue weighted by Gasteiger charge is 2.57. The second-order valence-corrected chi connectivity index (χ2v) is 9.60. The van der Waals surface area contributed by atoms with Crippen molar-refractivity contribution < 1.29 is 9.90 Å². The van der Waals surface area contributed by atoms with E-state index in [1.165, 1.54) is 4.70 Å². The third-order valence-electron chi connectivity index (χ3n) is 4.38. The molecule has 2 saturated heterocycles. The van der Waals surface area contributed by atoms with Gasteiger partial charge in [0.1, 0.15) is 0 Å². The molecule has 0 unspecified atom stereocenters. The maximum absolute atomic E-state index is 11.9. The van der Waals surface area contributed by atoms with Gasteiger partial charge < -0.3 is 10.0 Å². The molecule has 1 N–H and O–H groups in total.